The maximum absolute atomic E-state index is 12.4. The second-order valence-corrected chi connectivity index (χ2v) is 8.00. The van der Waals surface area contributed by atoms with Crippen LogP contribution in [-0.2, 0) is 0 Å². The van der Waals surface area contributed by atoms with Gasteiger partial charge in [-0.05, 0) is 31.2 Å². The summed E-state index contributed by atoms with van der Waals surface area (Å²) in [6.07, 6.45) is 11.2. The Kier molecular flexibility index (Phi) is 6.03. The molecule has 1 saturated carbocycles. The van der Waals surface area contributed by atoms with E-state index >= 15 is 0 Å². The van der Waals surface area contributed by atoms with Crippen LogP contribution in [0.3, 0.4) is 0 Å². The number of nitrogens with one attached hydrogen (secondary N) is 1. The van der Waals surface area contributed by atoms with Crippen LogP contribution < -0.4 is 10.1 Å². The van der Waals surface area contributed by atoms with Crippen molar-refractivity contribution in [1.29, 1.82) is 0 Å². The first-order valence-electron chi connectivity index (χ1n) is 9.28. The third-order valence-corrected chi connectivity index (χ3v) is 5.96. The Labute approximate surface area is 165 Å². The summed E-state index contributed by atoms with van der Waals surface area (Å²) in [4.78, 5) is 13.3. The fraction of sp³-hybridized carbons (Fsp3) is 0.348. The van der Waals surface area contributed by atoms with Crippen molar-refractivity contribution in [2.24, 2.45) is 0 Å². The average molecular weight is 380 g/mol. The van der Waals surface area contributed by atoms with Crippen molar-refractivity contribution in [3.05, 3.63) is 58.3 Å². The summed E-state index contributed by atoms with van der Waals surface area (Å²) in [7, 11) is 0. The quantitative estimate of drug-likeness (QED) is 0.530. The van der Waals surface area contributed by atoms with Crippen molar-refractivity contribution < 1.29 is 9.53 Å². The number of ether oxygens (including phenoxy) is 1. The molecule has 0 aliphatic heterocycles. The Balaban J connectivity index is 1.65. The van der Waals surface area contributed by atoms with E-state index in [-0.39, 0.29) is 17.9 Å². The highest BCUT2D eigenvalue weighted by Gasteiger charge is 2.30. The average Bonchev–Trinajstić information content (AvgIpc) is 3.16. The summed E-state index contributed by atoms with van der Waals surface area (Å²) < 4.78 is 5.81. The maximum Gasteiger partial charge on any atom is 0.200 e. The lowest BCUT2D eigenvalue weighted by molar-refractivity contribution is 0.0921. The van der Waals surface area contributed by atoms with Crippen molar-refractivity contribution in [3.63, 3.8) is 0 Å². The van der Waals surface area contributed by atoms with E-state index in [0.717, 1.165) is 41.8 Å². The molecule has 140 valence electrons. The summed E-state index contributed by atoms with van der Waals surface area (Å²) in [5.41, 5.74) is 2.22. The van der Waals surface area contributed by atoms with Crippen LogP contribution in [0.1, 0.15) is 52.9 Å². The molecule has 0 saturated heterocycles. The monoisotopic (exact) mass is 379 g/mol. The zero-order valence-electron chi connectivity index (χ0n) is 15.7. The van der Waals surface area contributed by atoms with Crippen LogP contribution in [0.15, 0.2) is 42.3 Å². The number of carbonyl (C=O) groups excluding carboxylic acids is 1. The van der Waals surface area contributed by atoms with E-state index in [2.05, 4.69) is 17.8 Å². The zero-order chi connectivity index (χ0) is 19.3. The predicted molar refractivity (Wildman–Crippen MR) is 112 cm³/mol. The number of thiophene rings is 1. The van der Waals surface area contributed by atoms with E-state index in [9.17, 15) is 4.79 Å². The highest BCUT2D eigenvalue weighted by Crippen LogP contribution is 2.34. The molecule has 0 spiro atoms. The number of ketones is 1. The van der Waals surface area contributed by atoms with Crippen molar-refractivity contribution in [2.75, 3.05) is 6.61 Å². The topological polar surface area (TPSA) is 38.3 Å². The summed E-state index contributed by atoms with van der Waals surface area (Å²) in [5.74, 6) is 3.57. The molecule has 0 unspecified atom stereocenters. The largest absolute Gasteiger partial charge is 0.484 e. The van der Waals surface area contributed by atoms with E-state index < -0.39 is 0 Å². The lowest BCUT2D eigenvalue weighted by Crippen LogP contribution is -2.44. The molecule has 4 heteroatoms. The van der Waals surface area contributed by atoms with Gasteiger partial charge in [-0.3, -0.25) is 4.79 Å². The number of Topliss-reactive ketones (excluding diaryl/α,β-unsaturated/α-hetero) is 1. The minimum Gasteiger partial charge on any atom is -0.484 e. The summed E-state index contributed by atoms with van der Waals surface area (Å²) in [5, 5.41) is 5.41. The Bertz CT molecular complexity index is 851. The van der Waals surface area contributed by atoms with E-state index in [1.807, 2.05) is 42.6 Å². The maximum atomic E-state index is 12.4. The number of carbonyl (C=O) groups is 1. The van der Waals surface area contributed by atoms with Gasteiger partial charge in [0.25, 0.3) is 0 Å². The molecular weight excluding hydrogens is 354 g/mol. The van der Waals surface area contributed by atoms with E-state index in [1.54, 1.807) is 0 Å². The van der Waals surface area contributed by atoms with Crippen LogP contribution in [0.25, 0.3) is 5.70 Å². The highest BCUT2D eigenvalue weighted by molar-refractivity contribution is 7.11. The lowest BCUT2D eigenvalue weighted by atomic mass is 9.82. The molecule has 1 heterocycles. The molecule has 1 fully saturated rings. The summed E-state index contributed by atoms with van der Waals surface area (Å²) in [6, 6.07) is 9.39. The van der Waals surface area contributed by atoms with Gasteiger partial charge in [0, 0.05) is 11.3 Å². The minimum atomic E-state index is -0.325. The van der Waals surface area contributed by atoms with Crippen LogP contribution in [0, 0.1) is 19.3 Å². The van der Waals surface area contributed by atoms with Crippen LogP contribution >= 0.6 is 11.3 Å². The van der Waals surface area contributed by atoms with Gasteiger partial charge in [0.05, 0.1) is 10.4 Å². The van der Waals surface area contributed by atoms with Crippen molar-refractivity contribution in [3.8, 4) is 18.1 Å². The number of rotatable bonds is 7. The number of benzene rings is 1. The molecule has 1 aromatic heterocycles. The molecule has 3 rings (SSSR count). The predicted octanol–water partition coefficient (Wildman–Crippen LogP) is 5.21. The van der Waals surface area contributed by atoms with E-state index in [4.69, 9.17) is 11.2 Å². The summed E-state index contributed by atoms with van der Waals surface area (Å²) >= 11 is 1.54. The first kappa shape index (κ1) is 19.3. The Morgan fingerprint density at radius 1 is 1.26 bits per heavy atom. The second-order valence-electron chi connectivity index (χ2n) is 7.08. The van der Waals surface area contributed by atoms with Gasteiger partial charge in [-0.25, -0.2) is 0 Å². The molecule has 1 aromatic carbocycles. The van der Waals surface area contributed by atoms with Crippen LogP contribution in [0.4, 0.5) is 0 Å². The van der Waals surface area contributed by atoms with Gasteiger partial charge in [0.2, 0.25) is 0 Å². The first-order valence-corrected chi connectivity index (χ1v) is 10.2. The van der Waals surface area contributed by atoms with E-state index in [0.29, 0.717) is 11.3 Å². The van der Waals surface area contributed by atoms with Gasteiger partial charge in [-0.1, -0.05) is 61.6 Å². The van der Waals surface area contributed by atoms with Gasteiger partial charge in [-0.15, -0.1) is 17.8 Å². The molecule has 1 N–H and O–H groups in total. The first-order chi connectivity index (χ1) is 13.0. The molecule has 1 aliphatic carbocycles. The van der Waals surface area contributed by atoms with Gasteiger partial charge in [0.1, 0.15) is 5.75 Å². The van der Waals surface area contributed by atoms with Crippen LogP contribution in [0.2, 0.25) is 0 Å². The lowest BCUT2D eigenvalue weighted by Gasteiger charge is -2.35. The molecule has 0 bridgehead atoms. The fourth-order valence-corrected chi connectivity index (χ4v) is 4.17. The van der Waals surface area contributed by atoms with Crippen LogP contribution in [-0.4, -0.2) is 17.9 Å². The number of hydrogen-bond donors (Lipinski definition) is 1. The SMILES string of the molecule is C#CC1(NC(=C)c2sccc2OCC(=O)c2ccc(C)cc2)CCCCC1. The Hall–Kier alpha value is -2.51. The minimum absolute atomic E-state index is 0.000353. The molecule has 0 radical (unpaired) electrons. The normalized spacial score (nSPS) is 15.6. The third-order valence-electron chi connectivity index (χ3n) is 5.01. The molecule has 0 atom stereocenters. The van der Waals surface area contributed by atoms with Gasteiger partial charge in [-0.2, -0.15) is 0 Å². The smallest absolute Gasteiger partial charge is 0.200 e. The summed E-state index contributed by atoms with van der Waals surface area (Å²) in [6.45, 7) is 6.18. The van der Waals surface area contributed by atoms with Crippen LogP contribution in [0.5, 0.6) is 5.75 Å². The Morgan fingerprint density at radius 2 is 1.96 bits per heavy atom. The molecule has 3 nitrogen and oxygen atoms in total. The highest BCUT2D eigenvalue weighted by atomic mass is 32.1. The second kappa shape index (κ2) is 8.45. The fourth-order valence-electron chi connectivity index (χ4n) is 3.40. The van der Waals surface area contributed by atoms with Gasteiger partial charge >= 0.3 is 0 Å². The molecule has 1 aliphatic rings. The number of terminal acetylenes is 1. The number of hydrogen-bond acceptors (Lipinski definition) is 4. The molecule has 2 aromatic rings. The Morgan fingerprint density at radius 3 is 2.63 bits per heavy atom. The van der Waals surface area contributed by atoms with Crippen molar-refractivity contribution >= 4 is 22.8 Å². The number of aryl methyl sites for hydroxylation is 1. The third kappa shape index (κ3) is 4.61. The van der Waals surface area contributed by atoms with Crippen molar-refractivity contribution in [1.82, 2.24) is 5.32 Å². The molecule has 27 heavy (non-hydrogen) atoms. The standard InChI is InChI=1S/C23H25NO2S/c1-4-23(13-6-5-7-14-23)24-18(3)22-21(12-15-27-22)26-16-20(25)19-10-8-17(2)9-11-19/h1,8-12,15,24H,3,5-7,13-14,16H2,2H3. The molecular formula is C23H25NO2S. The van der Waals surface area contributed by atoms with Gasteiger partial charge in [0.15, 0.2) is 12.4 Å². The molecule has 0 amide bonds. The van der Waals surface area contributed by atoms with E-state index in [1.165, 1.54) is 17.8 Å². The van der Waals surface area contributed by atoms with Gasteiger partial charge < -0.3 is 10.1 Å². The zero-order valence-corrected chi connectivity index (χ0v) is 16.5. The van der Waals surface area contributed by atoms with Crippen molar-refractivity contribution in [2.45, 2.75) is 44.6 Å².